The highest BCUT2D eigenvalue weighted by atomic mass is 79.9. The van der Waals surface area contributed by atoms with E-state index >= 15 is 0 Å². The van der Waals surface area contributed by atoms with E-state index in [1.807, 2.05) is 0 Å². The van der Waals surface area contributed by atoms with Gasteiger partial charge in [0.1, 0.15) is 0 Å². The Balaban J connectivity index is 2.22. The van der Waals surface area contributed by atoms with Gasteiger partial charge in [-0.25, -0.2) is 0 Å². The highest BCUT2D eigenvalue weighted by Crippen LogP contribution is 2.29. The van der Waals surface area contributed by atoms with Gasteiger partial charge in [-0.05, 0) is 23.7 Å². The molecule has 3 heteroatoms. The minimum absolute atomic E-state index is 0.603. The number of nitrogens with one attached hydrogen (secondary N) is 2. The average molecular weight is 269 g/mol. The summed E-state index contributed by atoms with van der Waals surface area (Å²) >= 11 is 3.62. The molecule has 1 aromatic carbocycles. The third kappa shape index (κ3) is 2.41. The molecular formula is C12H17BrN2. The Morgan fingerprint density at radius 1 is 1.53 bits per heavy atom. The van der Waals surface area contributed by atoms with Crippen LogP contribution in [0.4, 0.5) is 0 Å². The number of halogens is 1. The van der Waals surface area contributed by atoms with E-state index in [1.54, 1.807) is 0 Å². The fraction of sp³-hybridized carbons (Fsp3) is 0.500. The Hall–Kier alpha value is -0.380. The average Bonchev–Trinajstić information content (AvgIpc) is 2.27. The Labute approximate surface area is 99.6 Å². The summed E-state index contributed by atoms with van der Waals surface area (Å²) in [6.07, 6.45) is 0. The smallest absolute Gasteiger partial charge is 0.0223 e. The van der Waals surface area contributed by atoms with Gasteiger partial charge in [-0.15, -0.1) is 0 Å². The van der Waals surface area contributed by atoms with Crippen LogP contribution in [-0.2, 0) is 6.54 Å². The minimum atomic E-state index is 0.603. The standard InChI is InChI=1S/C12H17BrN2/c1-2-14-6-9-7-15-8-11-10(9)4-3-5-12(11)13/h3-5,9,14-15H,2,6-8H2,1H3. The monoisotopic (exact) mass is 268 g/mol. The van der Waals surface area contributed by atoms with Crippen molar-refractivity contribution >= 4 is 15.9 Å². The fourth-order valence-corrected chi connectivity index (χ4v) is 2.65. The van der Waals surface area contributed by atoms with Crippen LogP contribution in [0.1, 0.15) is 24.0 Å². The van der Waals surface area contributed by atoms with Gasteiger partial charge in [-0.2, -0.15) is 0 Å². The van der Waals surface area contributed by atoms with E-state index in [2.05, 4.69) is 51.7 Å². The van der Waals surface area contributed by atoms with Gasteiger partial charge in [0.2, 0.25) is 0 Å². The van der Waals surface area contributed by atoms with Crippen LogP contribution in [0.5, 0.6) is 0 Å². The van der Waals surface area contributed by atoms with Crippen molar-refractivity contribution < 1.29 is 0 Å². The van der Waals surface area contributed by atoms with Crippen molar-refractivity contribution in [2.45, 2.75) is 19.4 Å². The van der Waals surface area contributed by atoms with Crippen LogP contribution in [0.2, 0.25) is 0 Å². The van der Waals surface area contributed by atoms with E-state index in [1.165, 1.54) is 15.6 Å². The Morgan fingerprint density at radius 2 is 2.40 bits per heavy atom. The van der Waals surface area contributed by atoms with Gasteiger partial charge < -0.3 is 10.6 Å². The maximum absolute atomic E-state index is 3.62. The van der Waals surface area contributed by atoms with Crippen molar-refractivity contribution in [3.63, 3.8) is 0 Å². The van der Waals surface area contributed by atoms with Crippen LogP contribution >= 0.6 is 15.9 Å². The van der Waals surface area contributed by atoms with Crippen molar-refractivity contribution in [2.75, 3.05) is 19.6 Å². The van der Waals surface area contributed by atoms with Crippen molar-refractivity contribution in [3.8, 4) is 0 Å². The molecule has 1 aromatic rings. The number of likely N-dealkylation sites (N-methyl/N-ethyl adjacent to an activating group) is 1. The van der Waals surface area contributed by atoms with E-state index in [0.29, 0.717) is 5.92 Å². The molecule has 0 aromatic heterocycles. The van der Waals surface area contributed by atoms with Crippen LogP contribution in [0, 0.1) is 0 Å². The highest BCUT2D eigenvalue weighted by Gasteiger charge is 2.20. The zero-order valence-corrected chi connectivity index (χ0v) is 10.6. The van der Waals surface area contributed by atoms with Crippen LogP contribution in [-0.4, -0.2) is 19.6 Å². The summed E-state index contributed by atoms with van der Waals surface area (Å²) in [5, 5.41) is 6.89. The van der Waals surface area contributed by atoms with Crippen molar-refractivity contribution in [3.05, 3.63) is 33.8 Å². The number of benzene rings is 1. The summed E-state index contributed by atoms with van der Waals surface area (Å²) in [6.45, 7) is 6.32. The van der Waals surface area contributed by atoms with E-state index in [-0.39, 0.29) is 0 Å². The molecule has 2 rings (SSSR count). The maximum atomic E-state index is 3.62. The summed E-state index contributed by atoms with van der Waals surface area (Å²) in [4.78, 5) is 0. The number of fused-ring (bicyclic) bond motifs is 1. The van der Waals surface area contributed by atoms with Crippen molar-refractivity contribution in [1.29, 1.82) is 0 Å². The van der Waals surface area contributed by atoms with E-state index in [9.17, 15) is 0 Å². The summed E-state index contributed by atoms with van der Waals surface area (Å²) in [6, 6.07) is 6.51. The third-order valence-electron chi connectivity index (χ3n) is 2.93. The first-order valence-corrected chi connectivity index (χ1v) is 6.31. The lowest BCUT2D eigenvalue weighted by molar-refractivity contribution is 0.508. The summed E-state index contributed by atoms with van der Waals surface area (Å²) < 4.78 is 1.23. The van der Waals surface area contributed by atoms with Gasteiger partial charge >= 0.3 is 0 Å². The number of hydrogen-bond acceptors (Lipinski definition) is 2. The first-order valence-electron chi connectivity index (χ1n) is 5.51. The molecule has 2 nitrogen and oxygen atoms in total. The van der Waals surface area contributed by atoms with E-state index in [4.69, 9.17) is 0 Å². The molecule has 1 unspecified atom stereocenters. The molecule has 0 fully saturated rings. The lowest BCUT2D eigenvalue weighted by Gasteiger charge is -2.27. The largest absolute Gasteiger partial charge is 0.316 e. The zero-order valence-electron chi connectivity index (χ0n) is 9.02. The van der Waals surface area contributed by atoms with E-state index < -0.39 is 0 Å². The molecule has 1 atom stereocenters. The Kier molecular flexibility index (Phi) is 3.78. The fourth-order valence-electron chi connectivity index (χ4n) is 2.13. The summed E-state index contributed by atoms with van der Waals surface area (Å²) in [7, 11) is 0. The molecule has 1 aliphatic rings. The predicted octanol–water partition coefficient (Wildman–Crippen LogP) is 2.25. The molecule has 1 aliphatic heterocycles. The SMILES string of the molecule is CCNCC1CNCc2c(Br)cccc21. The molecule has 0 aliphatic carbocycles. The molecule has 82 valence electrons. The lowest BCUT2D eigenvalue weighted by Crippen LogP contribution is -2.34. The highest BCUT2D eigenvalue weighted by molar-refractivity contribution is 9.10. The van der Waals surface area contributed by atoms with Gasteiger partial charge in [0.15, 0.2) is 0 Å². The van der Waals surface area contributed by atoms with E-state index in [0.717, 1.165) is 26.2 Å². The molecule has 0 saturated heterocycles. The van der Waals surface area contributed by atoms with Crippen LogP contribution < -0.4 is 10.6 Å². The predicted molar refractivity (Wildman–Crippen MR) is 67.1 cm³/mol. The second kappa shape index (κ2) is 5.10. The normalized spacial score (nSPS) is 20.0. The number of hydrogen-bond donors (Lipinski definition) is 2. The Bertz CT molecular complexity index is 338. The molecule has 0 amide bonds. The van der Waals surface area contributed by atoms with Gasteiger partial charge in [-0.1, -0.05) is 35.0 Å². The first kappa shape index (κ1) is 11.1. The maximum Gasteiger partial charge on any atom is 0.0223 e. The molecular weight excluding hydrogens is 252 g/mol. The second-order valence-corrected chi connectivity index (χ2v) is 4.80. The Morgan fingerprint density at radius 3 is 3.20 bits per heavy atom. The van der Waals surface area contributed by atoms with Crippen LogP contribution in [0.25, 0.3) is 0 Å². The molecule has 15 heavy (non-hydrogen) atoms. The number of rotatable bonds is 3. The van der Waals surface area contributed by atoms with Gasteiger partial charge in [0, 0.05) is 30.0 Å². The first-order chi connectivity index (χ1) is 7.33. The third-order valence-corrected chi connectivity index (χ3v) is 3.67. The minimum Gasteiger partial charge on any atom is -0.316 e. The van der Waals surface area contributed by atoms with Crippen molar-refractivity contribution in [1.82, 2.24) is 10.6 Å². The topological polar surface area (TPSA) is 24.1 Å². The molecule has 2 N–H and O–H groups in total. The molecule has 0 bridgehead atoms. The van der Waals surface area contributed by atoms with Gasteiger partial charge in [-0.3, -0.25) is 0 Å². The van der Waals surface area contributed by atoms with Gasteiger partial charge in [0.25, 0.3) is 0 Å². The molecule has 0 radical (unpaired) electrons. The van der Waals surface area contributed by atoms with Gasteiger partial charge in [0.05, 0.1) is 0 Å². The van der Waals surface area contributed by atoms with Crippen molar-refractivity contribution in [2.24, 2.45) is 0 Å². The lowest BCUT2D eigenvalue weighted by atomic mass is 9.91. The van der Waals surface area contributed by atoms with Crippen LogP contribution in [0.3, 0.4) is 0 Å². The summed E-state index contributed by atoms with van der Waals surface area (Å²) in [5.41, 5.74) is 2.91. The van der Waals surface area contributed by atoms with Crippen LogP contribution in [0.15, 0.2) is 22.7 Å². The molecule has 1 heterocycles. The quantitative estimate of drug-likeness (QED) is 0.879. The molecule has 0 saturated carbocycles. The molecule has 0 spiro atoms. The zero-order chi connectivity index (χ0) is 10.7. The second-order valence-electron chi connectivity index (χ2n) is 3.94. The summed E-state index contributed by atoms with van der Waals surface area (Å²) in [5.74, 6) is 0.603.